The molecule has 0 radical (unpaired) electrons. The van der Waals surface area contributed by atoms with E-state index in [0.29, 0.717) is 11.4 Å². The van der Waals surface area contributed by atoms with Crippen LogP contribution in [0.4, 0.5) is 17.1 Å². The molecule has 0 bridgehead atoms. The van der Waals surface area contributed by atoms with E-state index in [0.717, 1.165) is 16.8 Å². The maximum absolute atomic E-state index is 12.8. The van der Waals surface area contributed by atoms with Gasteiger partial charge in [-0.2, -0.15) is 0 Å². The Bertz CT molecular complexity index is 1210. The molecule has 1 aliphatic heterocycles. The molecule has 3 aromatic carbocycles. The lowest BCUT2D eigenvalue weighted by Gasteiger charge is -2.27. The molecule has 1 atom stereocenters. The zero-order valence-corrected chi connectivity index (χ0v) is 19.0. The van der Waals surface area contributed by atoms with Crippen LogP contribution in [0, 0.1) is 10.1 Å². The fourth-order valence-corrected chi connectivity index (χ4v) is 4.99. The van der Waals surface area contributed by atoms with Crippen LogP contribution in [-0.2, 0) is 4.79 Å². The van der Waals surface area contributed by atoms with Crippen LogP contribution in [0.3, 0.4) is 0 Å². The quantitative estimate of drug-likeness (QED) is 0.373. The summed E-state index contributed by atoms with van der Waals surface area (Å²) in [4.78, 5) is 37.6. The largest absolute Gasteiger partial charge is 0.322 e. The van der Waals surface area contributed by atoms with Gasteiger partial charge in [-0.1, -0.05) is 50.2 Å². The maximum atomic E-state index is 12.8. The Kier molecular flexibility index (Phi) is 6.46. The molecule has 2 amide bonds. The zero-order valence-electron chi connectivity index (χ0n) is 18.2. The van der Waals surface area contributed by atoms with E-state index in [4.69, 9.17) is 0 Å². The monoisotopic (exact) mass is 461 g/mol. The molecule has 4 rings (SSSR count). The van der Waals surface area contributed by atoms with E-state index in [9.17, 15) is 19.7 Å². The number of carbonyl (C=O) groups excluding carboxylic acids is 2. The van der Waals surface area contributed by atoms with E-state index in [-0.39, 0.29) is 28.4 Å². The Morgan fingerprint density at radius 1 is 1.09 bits per heavy atom. The summed E-state index contributed by atoms with van der Waals surface area (Å²) in [7, 11) is 0. The highest BCUT2D eigenvalue weighted by Crippen LogP contribution is 2.44. The predicted octanol–water partition coefficient (Wildman–Crippen LogP) is 5.75. The molecular weight excluding hydrogens is 438 g/mol. The minimum atomic E-state index is -0.532. The van der Waals surface area contributed by atoms with Gasteiger partial charge in [0, 0.05) is 29.1 Å². The summed E-state index contributed by atoms with van der Waals surface area (Å²) in [5.74, 6) is 0.333. The van der Waals surface area contributed by atoms with Crippen molar-refractivity contribution in [1.29, 1.82) is 0 Å². The summed E-state index contributed by atoms with van der Waals surface area (Å²) in [5.41, 5.74) is 3.65. The van der Waals surface area contributed by atoms with Crippen molar-refractivity contribution in [2.24, 2.45) is 0 Å². The predicted molar refractivity (Wildman–Crippen MR) is 131 cm³/mol. The van der Waals surface area contributed by atoms with Gasteiger partial charge in [-0.15, -0.1) is 11.8 Å². The van der Waals surface area contributed by atoms with Gasteiger partial charge in [0.25, 0.3) is 11.6 Å². The van der Waals surface area contributed by atoms with Crippen LogP contribution in [-0.4, -0.2) is 22.5 Å². The smallest absolute Gasteiger partial charge is 0.270 e. The van der Waals surface area contributed by atoms with E-state index in [1.807, 2.05) is 35.2 Å². The van der Waals surface area contributed by atoms with Crippen LogP contribution in [0.1, 0.15) is 46.6 Å². The first kappa shape index (κ1) is 22.5. The van der Waals surface area contributed by atoms with E-state index in [1.165, 1.54) is 24.3 Å². The molecule has 1 fully saturated rings. The fraction of sp³-hybridized carbons (Fsp3) is 0.200. The molecule has 0 unspecified atom stereocenters. The highest BCUT2D eigenvalue weighted by atomic mass is 32.2. The summed E-state index contributed by atoms with van der Waals surface area (Å²) in [5, 5.41) is 13.6. The lowest BCUT2D eigenvalue weighted by Crippen LogP contribution is -2.29. The van der Waals surface area contributed by atoms with Crippen molar-refractivity contribution in [3.05, 3.63) is 99.6 Å². The Balaban J connectivity index is 1.54. The molecule has 1 N–H and O–H groups in total. The second kappa shape index (κ2) is 9.46. The van der Waals surface area contributed by atoms with Crippen molar-refractivity contribution in [3.8, 4) is 0 Å². The Hall–Kier alpha value is -3.65. The van der Waals surface area contributed by atoms with Gasteiger partial charge in [-0.25, -0.2) is 0 Å². The number of hydrogen-bond acceptors (Lipinski definition) is 5. The van der Waals surface area contributed by atoms with Gasteiger partial charge in [0.05, 0.1) is 10.7 Å². The summed E-state index contributed by atoms with van der Waals surface area (Å²) in [6.45, 7) is 4.22. The van der Waals surface area contributed by atoms with Crippen LogP contribution in [0.25, 0.3) is 0 Å². The van der Waals surface area contributed by atoms with Crippen LogP contribution < -0.4 is 10.2 Å². The van der Waals surface area contributed by atoms with Gasteiger partial charge in [0.2, 0.25) is 5.91 Å². The average molecular weight is 462 g/mol. The van der Waals surface area contributed by atoms with E-state index in [2.05, 4.69) is 25.2 Å². The summed E-state index contributed by atoms with van der Waals surface area (Å²) in [6.07, 6.45) is 0. The number of nitrogens with one attached hydrogen (secondary N) is 1. The van der Waals surface area contributed by atoms with E-state index < -0.39 is 10.8 Å². The summed E-state index contributed by atoms with van der Waals surface area (Å²) >= 11 is 1.57. The lowest BCUT2D eigenvalue weighted by atomic mass is 10.00. The number of nitro groups is 1. The van der Waals surface area contributed by atoms with Crippen LogP contribution in [0.5, 0.6) is 0 Å². The van der Waals surface area contributed by atoms with Crippen molar-refractivity contribution in [2.45, 2.75) is 25.1 Å². The minimum Gasteiger partial charge on any atom is -0.322 e. The minimum absolute atomic E-state index is 0.0705. The molecule has 8 heteroatoms. The molecule has 0 saturated carbocycles. The van der Waals surface area contributed by atoms with Gasteiger partial charge in [-0.05, 0) is 41.3 Å². The highest BCUT2D eigenvalue weighted by Gasteiger charge is 2.35. The number of carbonyl (C=O) groups is 2. The van der Waals surface area contributed by atoms with Crippen molar-refractivity contribution >= 4 is 40.6 Å². The Morgan fingerprint density at radius 2 is 1.82 bits per heavy atom. The van der Waals surface area contributed by atoms with E-state index >= 15 is 0 Å². The van der Waals surface area contributed by atoms with Gasteiger partial charge in [0.15, 0.2) is 0 Å². The second-order valence-electron chi connectivity index (χ2n) is 8.02. The normalized spacial score (nSPS) is 15.7. The van der Waals surface area contributed by atoms with Crippen LogP contribution >= 0.6 is 11.8 Å². The fourth-order valence-electron chi connectivity index (χ4n) is 3.82. The number of para-hydroxylation sites is 1. The number of amides is 2. The third kappa shape index (κ3) is 4.75. The average Bonchev–Trinajstić information content (AvgIpc) is 3.20. The van der Waals surface area contributed by atoms with Gasteiger partial charge in [-0.3, -0.25) is 24.6 Å². The van der Waals surface area contributed by atoms with Gasteiger partial charge < -0.3 is 5.32 Å². The number of rotatable bonds is 6. The first-order valence-corrected chi connectivity index (χ1v) is 11.6. The molecule has 0 aromatic heterocycles. The molecule has 0 aliphatic carbocycles. The van der Waals surface area contributed by atoms with Gasteiger partial charge >= 0.3 is 0 Å². The van der Waals surface area contributed by atoms with Crippen LogP contribution in [0.15, 0.2) is 72.8 Å². The number of anilines is 2. The van der Waals surface area contributed by atoms with Crippen LogP contribution in [0.2, 0.25) is 0 Å². The molecule has 1 saturated heterocycles. The number of hydrogen-bond donors (Lipinski definition) is 1. The summed E-state index contributed by atoms with van der Waals surface area (Å²) < 4.78 is 0. The van der Waals surface area contributed by atoms with Crippen molar-refractivity contribution < 1.29 is 14.5 Å². The maximum Gasteiger partial charge on any atom is 0.270 e. The number of nitro benzene ring substituents is 1. The number of non-ortho nitro benzene ring substituents is 1. The Labute approximate surface area is 196 Å². The first-order chi connectivity index (χ1) is 15.8. The summed E-state index contributed by atoms with van der Waals surface area (Å²) in [6, 6.07) is 20.9. The molecule has 1 heterocycles. The molecule has 168 valence electrons. The standard InChI is InChI=1S/C25H23N3O4S/c1-16(2)21-8-3-4-9-22(21)27-23(29)15-33-25(27)17-10-12-19(13-11-17)26-24(30)18-6-5-7-20(14-18)28(31)32/h3-14,16,25H,15H2,1-2H3,(H,26,30)/t25-/m1/s1. The van der Waals surface area contributed by atoms with Crippen molar-refractivity contribution in [3.63, 3.8) is 0 Å². The molecule has 33 heavy (non-hydrogen) atoms. The van der Waals surface area contributed by atoms with Crippen molar-refractivity contribution in [2.75, 3.05) is 16.0 Å². The van der Waals surface area contributed by atoms with Gasteiger partial charge in [0.1, 0.15) is 5.37 Å². The Morgan fingerprint density at radius 3 is 2.52 bits per heavy atom. The molecule has 0 spiro atoms. The third-order valence-electron chi connectivity index (χ3n) is 5.46. The molecule has 3 aromatic rings. The SMILES string of the molecule is CC(C)c1ccccc1N1C(=O)CS[C@@H]1c1ccc(NC(=O)c2cccc([N+](=O)[O-])c2)cc1. The highest BCUT2D eigenvalue weighted by molar-refractivity contribution is 8.00. The number of benzene rings is 3. The molecule has 7 nitrogen and oxygen atoms in total. The van der Waals surface area contributed by atoms with Crippen molar-refractivity contribution in [1.82, 2.24) is 0 Å². The van der Waals surface area contributed by atoms with E-state index in [1.54, 1.807) is 23.9 Å². The zero-order chi connectivity index (χ0) is 23.5. The number of nitrogens with zero attached hydrogens (tertiary/aromatic N) is 2. The second-order valence-corrected chi connectivity index (χ2v) is 9.09. The molecular formula is C25H23N3O4S. The topological polar surface area (TPSA) is 92.6 Å². The molecule has 1 aliphatic rings. The number of thioether (sulfide) groups is 1. The lowest BCUT2D eigenvalue weighted by molar-refractivity contribution is -0.384. The first-order valence-electron chi connectivity index (χ1n) is 10.5. The third-order valence-corrected chi connectivity index (χ3v) is 6.67.